The normalized spacial score (nSPS) is 16.0. The molecule has 0 unspecified atom stereocenters. The molecule has 3 heterocycles. The molecule has 2 aliphatic heterocycles. The van der Waals surface area contributed by atoms with Crippen molar-refractivity contribution in [2.75, 3.05) is 13.2 Å². The molecule has 2 aliphatic rings. The standard InChI is InChI=1S/C19H16F3N5O/c20-19(21,22)28-17-4-1-14(2-5-17)15-3-6-18-25-27(13-26(18)12-15)10-7-16-11-23-8-9-24-16/h1-6,8-9,11-12H,7,10,13H2. The number of alkyl halides is 3. The summed E-state index contributed by atoms with van der Waals surface area (Å²) in [6, 6.07) is 5.80. The van der Waals surface area contributed by atoms with Crippen LogP contribution in [0.2, 0.25) is 0 Å². The summed E-state index contributed by atoms with van der Waals surface area (Å²) >= 11 is 0. The number of aromatic nitrogens is 2. The number of rotatable bonds is 5. The quantitative estimate of drug-likeness (QED) is 0.787. The van der Waals surface area contributed by atoms with Crippen molar-refractivity contribution < 1.29 is 17.9 Å². The summed E-state index contributed by atoms with van der Waals surface area (Å²) in [6.45, 7) is 1.30. The third-order valence-electron chi connectivity index (χ3n) is 4.22. The van der Waals surface area contributed by atoms with Crippen LogP contribution in [0.25, 0.3) is 5.57 Å². The van der Waals surface area contributed by atoms with E-state index in [4.69, 9.17) is 0 Å². The molecule has 1 aromatic heterocycles. The lowest BCUT2D eigenvalue weighted by Crippen LogP contribution is -2.28. The number of benzene rings is 1. The second-order valence-corrected chi connectivity index (χ2v) is 6.24. The van der Waals surface area contributed by atoms with E-state index in [9.17, 15) is 13.2 Å². The highest BCUT2D eigenvalue weighted by Crippen LogP contribution is 2.27. The summed E-state index contributed by atoms with van der Waals surface area (Å²) < 4.78 is 40.7. The molecule has 1 aromatic carbocycles. The van der Waals surface area contributed by atoms with E-state index < -0.39 is 6.36 Å². The number of ether oxygens (including phenoxy) is 1. The molecule has 0 saturated carbocycles. The van der Waals surface area contributed by atoms with Gasteiger partial charge >= 0.3 is 6.36 Å². The smallest absolute Gasteiger partial charge is 0.406 e. The predicted octanol–water partition coefficient (Wildman–Crippen LogP) is 3.42. The Bertz CT molecular complexity index is 923. The minimum absolute atomic E-state index is 0.241. The average Bonchev–Trinajstić information content (AvgIpc) is 3.09. The van der Waals surface area contributed by atoms with Crippen LogP contribution in [0.5, 0.6) is 5.75 Å². The van der Waals surface area contributed by atoms with Crippen LogP contribution in [-0.2, 0) is 6.42 Å². The molecule has 0 aliphatic carbocycles. The molecule has 0 fully saturated rings. The second kappa shape index (κ2) is 7.34. The molecule has 2 aromatic rings. The van der Waals surface area contributed by atoms with Crippen molar-refractivity contribution in [2.45, 2.75) is 12.8 Å². The monoisotopic (exact) mass is 387 g/mol. The Morgan fingerprint density at radius 3 is 2.61 bits per heavy atom. The van der Waals surface area contributed by atoms with E-state index >= 15 is 0 Å². The Labute approximate surface area is 159 Å². The van der Waals surface area contributed by atoms with Crippen LogP contribution in [0.3, 0.4) is 0 Å². The summed E-state index contributed by atoms with van der Waals surface area (Å²) in [5.41, 5.74) is 2.58. The molecule has 0 spiro atoms. The molecule has 4 rings (SSSR count). The molecular formula is C19H16F3N5O. The van der Waals surface area contributed by atoms with E-state index in [0.717, 1.165) is 29.1 Å². The fourth-order valence-electron chi connectivity index (χ4n) is 2.94. The molecule has 0 radical (unpaired) electrons. The Morgan fingerprint density at radius 1 is 1.07 bits per heavy atom. The molecule has 0 bridgehead atoms. The van der Waals surface area contributed by atoms with Gasteiger partial charge in [-0.2, -0.15) is 5.10 Å². The van der Waals surface area contributed by atoms with Crippen LogP contribution < -0.4 is 4.74 Å². The fourth-order valence-corrected chi connectivity index (χ4v) is 2.94. The lowest BCUT2D eigenvalue weighted by molar-refractivity contribution is -0.274. The van der Waals surface area contributed by atoms with Gasteiger partial charge in [0, 0.05) is 37.8 Å². The largest absolute Gasteiger partial charge is 0.573 e. The number of hydrogen-bond acceptors (Lipinski definition) is 6. The number of amidine groups is 1. The molecule has 0 saturated heterocycles. The minimum Gasteiger partial charge on any atom is -0.406 e. The zero-order valence-electron chi connectivity index (χ0n) is 14.7. The van der Waals surface area contributed by atoms with Crippen LogP contribution in [-0.4, -0.2) is 45.3 Å². The zero-order chi connectivity index (χ0) is 19.6. The summed E-state index contributed by atoms with van der Waals surface area (Å²) in [5, 5.41) is 6.50. The second-order valence-electron chi connectivity index (χ2n) is 6.24. The maximum absolute atomic E-state index is 12.3. The van der Waals surface area contributed by atoms with Crippen molar-refractivity contribution in [2.24, 2.45) is 5.10 Å². The Hall–Kier alpha value is -3.36. The first kappa shape index (κ1) is 18.0. The van der Waals surface area contributed by atoms with Gasteiger partial charge in [0.05, 0.1) is 5.69 Å². The average molecular weight is 387 g/mol. The number of fused-ring (bicyclic) bond motifs is 1. The topological polar surface area (TPSA) is 53.9 Å². The van der Waals surface area contributed by atoms with Crippen LogP contribution >= 0.6 is 0 Å². The van der Waals surface area contributed by atoms with Gasteiger partial charge in [-0.3, -0.25) is 15.0 Å². The van der Waals surface area contributed by atoms with E-state index in [-0.39, 0.29) is 5.75 Å². The molecule has 0 N–H and O–H groups in total. The van der Waals surface area contributed by atoms with E-state index in [0.29, 0.717) is 13.2 Å². The van der Waals surface area contributed by atoms with E-state index in [1.165, 1.54) is 12.1 Å². The molecule has 28 heavy (non-hydrogen) atoms. The van der Waals surface area contributed by atoms with Gasteiger partial charge in [0.1, 0.15) is 12.4 Å². The Balaban J connectivity index is 1.39. The number of hydrogen-bond donors (Lipinski definition) is 0. The minimum atomic E-state index is -4.69. The molecule has 6 nitrogen and oxygen atoms in total. The Kier molecular flexibility index (Phi) is 4.72. The highest BCUT2D eigenvalue weighted by atomic mass is 19.4. The first-order valence-electron chi connectivity index (χ1n) is 8.57. The maximum Gasteiger partial charge on any atom is 0.573 e. The van der Waals surface area contributed by atoms with Crippen LogP contribution in [0, 0.1) is 0 Å². The maximum atomic E-state index is 12.3. The first-order valence-corrected chi connectivity index (χ1v) is 8.57. The highest BCUT2D eigenvalue weighted by molar-refractivity contribution is 6.00. The van der Waals surface area contributed by atoms with Gasteiger partial charge < -0.3 is 9.64 Å². The van der Waals surface area contributed by atoms with Gasteiger partial charge in [-0.15, -0.1) is 13.2 Å². The summed E-state index contributed by atoms with van der Waals surface area (Å²) in [4.78, 5) is 10.3. The van der Waals surface area contributed by atoms with Crippen molar-refractivity contribution in [1.82, 2.24) is 19.9 Å². The third-order valence-corrected chi connectivity index (χ3v) is 4.22. The van der Waals surface area contributed by atoms with E-state index in [1.54, 1.807) is 30.7 Å². The van der Waals surface area contributed by atoms with Gasteiger partial charge in [-0.1, -0.05) is 12.1 Å². The summed E-state index contributed by atoms with van der Waals surface area (Å²) in [5.74, 6) is 0.579. The van der Waals surface area contributed by atoms with Gasteiger partial charge in [-0.05, 0) is 35.4 Å². The summed E-state index contributed by atoms with van der Waals surface area (Å²) in [7, 11) is 0. The Morgan fingerprint density at radius 2 is 1.89 bits per heavy atom. The lowest BCUT2D eigenvalue weighted by atomic mass is 10.0. The van der Waals surface area contributed by atoms with Gasteiger partial charge in [0.25, 0.3) is 0 Å². The number of halogens is 3. The number of nitrogens with zero attached hydrogens (tertiary/aromatic N) is 5. The van der Waals surface area contributed by atoms with Crippen LogP contribution in [0.1, 0.15) is 11.3 Å². The highest BCUT2D eigenvalue weighted by Gasteiger charge is 2.31. The molecule has 0 atom stereocenters. The van der Waals surface area contributed by atoms with E-state index in [1.807, 2.05) is 28.3 Å². The van der Waals surface area contributed by atoms with Gasteiger partial charge in [-0.25, -0.2) is 0 Å². The summed E-state index contributed by atoms with van der Waals surface area (Å²) in [6.07, 6.45) is 6.79. The van der Waals surface area contributed by atoms with Crippen LogP contribution in [0.4, 0.5) is 13.2 Å². The van der Waals surface area contributed by atoms with Crippen molar-refractivity contribution in [1.29, 1.82) is 0 Å². The number of allylic oxidation sites excluding steroid dienone is 2. The predicted molar refractivity (Wildman–Crippen MR) is 96.8 cm³/mol. The molecule has 144 valence electrons. The third kappa shape index (κ3) is 4.30. The molecular weight excluding hydrogens is 371 g/mol. The molecule has 0 amide bonds. The van der Waals surface area contributed by atoms with Gasteiger partial charge in [0.2, 0.25) is 0 Å². The number of hydrazone groups is 1. The van der Waals surface area contributed by atoms with E-state index in [2.05, 4.69) is 19.8 Å². The van der Waals surface area contributed by atoms with Crippen molar-refractivity contribution >= 4 is 11.4 Å². The molecule has 9 heteroatoms. The van der Waals surface area contributed by atoms with Crippen molar-refractivity contribution in [3.8, 4) is 5.75 Å². The SMILES string of the molecule is FC(F)(F)Oc1ccc(C2=CN3CN(CCc4cnccn4)N=C3C=C2)cc1. The fraction of sp³-hybridized carbons (Fsp3) is 0.211. The van der Waals surface area contributed by atoms with Crippen molar-refractivity contribution in [3.63, 3.8) is 0 Å². The first-order chi connectivity index (χ1) is 13.5. The van der Waals surface area contributed by atoms with Gasteiger partial charge in [0.15, 0.2) is 5.84 Å². The zero-order valence-corrected chi connectivity index (χ0v) is 14.7. The van der Waals surface area contributed by atoms with Crippen LogP contribution in [0.15, 0.2) is 66.3 Å². The van der Waals surface area contributed by atoms with Crippen molar-refractivity contribution in [3.05, 3.63) is 72.5 Å². The lowest BCUT2D eigenvalue weighted by Gasteiger charge is -2.20.